The van der Waals surface area contributed by atoms with Crippen molar-refractivity contribution in [2.75, 3.05) is 0 Å². The number of thiol groups is 1. The molecule has 0 radical (unpaired) electrons. The standard InChI is InChI=1S/C23H13F6IO2S/c24-17-7-15(8-18(25)22(17)28)33(16-9-19(26)23(29)20(27)10-16)14-4-1-12(2-5-14)31-11-13-3-6-21(30)32-13/h1-10,33H,11H2. The summed E-state index contributed by atoms with van der Waals surface area (Å²) < 4.78 is 94.5. The highest BCUT2D eigenvalue weighted by Gasteiger charge is 2.21. The van der Waals surface area contributed by atoms with Crippen molar-refractivity contribution in [3.63, 3.8) is 0 Å². The molecule has 0 saturated heterocycles. The molecule has 33 heavy (non-hydrogen) atoms. The molecule has 4 rings (SSSR count). The lowest BCUT2D eigenvalue weighted by molar-refractivity contribution is 0.267. The molecule has 0 aliphatic carbocycles. The van der Waals surface area contributed by atoms with Crippen molar-refractivity contribution in [3.8, 4) is 5.75 Å². The zero-order chi connectivity index (χ0) is 23.7. The molecular formula is C23H13F6IO2S. The van der Waals surface area contributed by atoms with Crippen LogP contribution in [-0.4, -0.2) is 0 Å². The van der Waals surface area contributed by atoms with E-state index in [1.54, 1.807) is 36.4 Å². The average Bonchev–Trinajstić information content (AvgIpc) is 3.20. The highest BCUT2D eigenvalue weighted by molar-refractivity contribution is 14.1. The molecule has 10 heteroatoms. The minimum atomic E-state index is -1.97. The van der Waals surface area contributed by atoms with E-state index in [1.807, 2.05) is 22.6 Å². The average molecular weight is 594 g/mol. The minimum absolute atomic E-state index is 0.0503. The van der Waals surface area contributed by atoms with Gasteiger partial charge in [-0.15, -0.1) is 0 Å². The number of benzene rings is 3. The van der Waals surface area contributed by atoms with Gasteiger partial charge in [0.15, 0.2) is 38.7 Å². The lowest BCUT2D eigenvalue weighted by Gasteiger charge is -2.24. The van der Waals surface area contributed by atoms with E-state index in [4.69, 9.17) is 9.15 Å². The SMILES string of the molecule is Fc1cc([SH](c2ccc(OCc3ccc(I)o3)cc2)c2cc(F)c(F)c(F)c2)cc(F)c1F. The van der Waals surface area contributed by atoms with Gasteiger partial charge in [-0.3, -0.25) is 0 Å². The van der Waals surface area contributed by atoms with Crippen molar-refractivity contribution in [1.82, 2.24) is 0 Å². The largest absolute Gasteiger partial charge is 0.486 e. The van der Waals surface area contributed by atoms with Crippen molar-refractivity contribution >= 4 is 33.5 Å². The molecule has 0 unspecified atom stereocenters. The summed E-state index contributed by atoms with van der Waals surface area (Å²) in [5, 5.41) is 0. The maximum absolute atomic E-state index is 13.9. The van der Waals surface area contributed by atoms with Crippen LogP contribution in [0.5, 0.6) is 5.75 Å². The van der Waals surface area contributed by atoms with Gasteiger partial charge < -0.3 is 9.15 Å². The van der Waals surface area contributed by atoms with Crippen LogP contribution in [0.1, 0.15) is 5.76 Å². The van der Waals surface area contributed by atoms with Gasteiger partial charge in [-0.25, -0.2) is 26.3 Å². The van der Waals surface area contributed by atoms with Crippen LogP contribution in [0.3, 0.4) is 0 Å². The van der Waals surface area contributed by atoms with Crippen LogP contribution < -0.4 is 4.74 Å². The predicted octanol–water partition coefficient (Wildman–Crippen LogP) is 7.78. The lowest BCUT2D eigenvalue weighted by Crippen LogP contribution is -1.98. The van der Waals surface area contributed by atoms with Gasteiger partial charge in [0.05, 0.1) is 0 Å². The Balaban J connectivity index is 1.72. The molecule has 0 N–H and O–H groups in total. The van der Waals surface area contributed by atoms with Crippen molar-refractivity contribution < 1.29 is 35.5 Å². The fourth-order valence-electron chi connectivity index (χ4n) is 3.06. The van der Waals surface area contributed by atoms with Crippen LogP contribution >= 0.6 is 33.5 Å². The monoisotopic (exact) mass is 594 g/mol. The Labute approximate surface area is 200 Å². The van der Waals surface area contributed by atoms with Crippen LogP contribution in [0.15, 0.2) is 79.8 Å². The molecule has 1 heterocycles. The minimum Gasteiger partial charge on any atom is -0.486 e. The highest BCUT2D eigenvalue weighted by atomic mass is 127. The van der Waals surface area contributed by atoms with Gasteiger partial charge in [0.2, 0.25) is 0 Å². The van der Waals surface area contributed by atoms with Crippen LogP contribution in [0.25, 0.3) is 0 Å². The zero-order valence-electron chi connectivity index (χ0n) is 16.4. The number of ether oxygens (including phenoxy) is 1. The number of halogens is 7. The van der Waals surface area contributed by atoms with Crippen LogP contribution in [0, 0.1) is 38.7 Å². The second kappa shape index (κ2) is 9.72. The fraction of sp³-hybridized carbons (Fsp3) is 0.0435. The Kier molecular flexibility index (Phi) is 6.94. The molecule has 0 fully saturated rings. The quantitative estimate of drug-likeness (QED) is 0.107. The molecular weight excluding hydrogens is 581 g/mol. The topological polar surface area (TPSA) is 22.4 Å². The summed E-state index contributed by atoms with van der Waals surface area (Å²) in [6.45, 7) is 0.153. The normalized spacial score (nSPS) is 11.5. The molecule has 4 aromatic rings. The molecule has 0 bridgehead atoms. The number of rotatable bonds is 6. The zero-order valence-corrected chi connectivity index (χ0v) is 19.4. The van der Waals surface area contributed by atoms with E-state index >= 15 is 0 Å². The number of hydrogen-bond donors (Lipinski definition) is 1. The molecule has 0 atom stereocenters. The van der Waals surface area contributed by atoms with E-state index in [1.165, 1.54) is 0 Å². The third kappa shape index (κ3) is 5.16. The van der Waals surface area contributed by atoms with E-state index in [2.05, 4.69) is 0 Å². The maximum atomic E-state index is 13.9. The van der Waals surface area contributed by atoms with Gasteiger partial charge in [0, 0.05) is 9.79 Å². The van der Waals surface area contributed by atoms with Crippen LogP contribution in [0.4, 0.5) is 26.3 Å². The Hall–Kier alpha value is -2.60. The Morgan fingerprint density at radius 1 is 0.667 bits per heavy atom. The molecule has 0 amide bonds. The first-order valence-electron chi connectivity index (χ1n) is 9.29. The smallest absolute Gasteiger partial charge is 0.194 e. The molecule has 172 valence electrons. The van der Waals surface area contributed by atoms with Crippen molar-refractivity contribution in [2.24, 2.45) is 0 Å². The Bertz CT molecular complexity index is 1210. The van der Waals surface area contributed by atoms with Gasteiger partial charge in [-0.1, -0.05) is 0 Å². The van der Waals surface area contributed by atoms with E-state index < -0.39 is 45.8 Å². The lowest BCUT2D eigenvalue weighted by atomic mass is 10.3. The summed E-state index contributed by atoms with van der Waals surface area (Å²) in [7, 11) is -1.97. The van der Waals surface area contributed by atoms with Crippen molar-refractivity contribution in [2.45, 2.75) is 21.3 Å². The van der Waals surface area contributed by atoms with Crippen LogP contribution in [0.2, 0.25) is 0 Å². The maximum Gasteiger partial charge on any atom is 0.194 e. The first-order chi connectivity index (χ1) is 15.7. The molecule has 0 aliphatic rings. The van der Waals surface area contributed by atoms with Gasteiger partial charge in [0.1, 0.15) is 18.1 Å². The summed E-state index contributed by atoms with van der Waals surface area (Å²) >= 11 is 2.02. The van der Waals surface area contributed by atoms with Crippen molar-refractivity contribution in [3.05, 3.63) is 105 Å². The van der Waals surface area contributed by atoms with E-state index in [0.29, 0.717) is 20.2 Å². The third-order valence-electron chi connectivity index (χ3n) is 4.56. The first-order valence-corrected chi connectivity index (χ1v) is 11.7. The van der Waals surface area contributed by atoms with E-state index in [-0.39, 0.29) is 16.4 Å². The predicted molar refractivity (Wildman–Crippen MR) is 119 cm³/mol. The Morgan fingerprint density at radius 3 is 1.58 bits per heavy atom. The molecule has 0 aliphatic heterocycles. The van der Waals surface area contributed by atoms with Gasteiger partial charge in [-0.2, -0.15) is 10.9 Å². The summed E-state index contributed by atoms with van der Waals surface area (Å²) in [5.41, 5.74) is 0. The summed E-state index contributed by atoms with van der Waals surface area (Å²) in [6.07, 6.45) is 0. The third-order valence-corrected chi connectivity index (χ3v) is 7.50. The molecule has 2 nitrogen and oxygen atoms in total. The molecule has 0 spiro atoms. The first kappa shape index (κ1) is 23.6. The summed E-state index contributed by atoms with van der Waals surface area (Å²) in [6, 6.07) is 12.8. The molecule has 3 aromatic carbocycles. The van der Waals surface area contributed by atoms with Crippen LogP contribution in [-0.2, 0) is 6.61 Å². The number of hydrogen-bond acceptors (Lipinski definition) is 2. The number of furan rings is 1. The van der Waals surface area contributed by atoms with E-state index in [0.717, 1.165) is 24.3 Å². The second-order valence-corrected chi connectivity index (χ2v) is 10.1. The second-order valence-electron chi connectivity index (χ2n) is 6.77. The van der Waals surface area contributed by atoms with Gasteiger partial charge in [-0.05, 0) is 88.2 Å². The fourth-order valence-corrected chi connectivity index (χ4v) is 5.84. The molecule has 0 saturated carbocycles. The van der Waals surface area contributed by atoms with Gasteiger partial charge >= 0.3 is 0 Å². The van der Waals surface area contributed by atoms with Crippen molar-refractivity contribution in [1.29, 1.82) is 0 Å². The van der Waals surface area contributed by atoms with Gasteiger partial charge in [0.25, 0.3) is 0 Å². The summed E-state index contributed by atoms with van der Waals surface area (Å²) in [5.74, 6) is -8.10. The Morgan fingerprint density at radius 2 is 1.15 bits per heavy atom. The summed E-state index contributed by atoms with van der Waals surface area (Å²) in [4.78, 5) is 0.317. The molecule has 1 aromatic heterocycles. The highest BCUT2D eigenvalue weighted by Crippen LogP contribution is 2.52. The van der Waals surface area contributed by atoms with E-state index in [9.17, 15) is 26.3 Å².